The van der Waals surface area contributed by atoms with Gasteiger partial charge < -0.3 is 14.4 Å². The molecule has 0 saturated carbocycles. The fourth-order valence-corrected chi connectivity index (χ4v) is 4.69. The molecule has 3 aromatic rings. The number of hydrogen-bond donors (Lipinski definition) is 1. The first-order chi connectivity index (χ1) is 17.5. The molecule has 0 unspecified atom stereocenters. The number of fused-ring (bicyclic) bond motifs is 1. The lowest BCUT2D eigenvalue weighted by molar-refractivity contribution is -0.121. The number of nitrogens with one attached hydrogen (secondary N) is 1. The Morgan fingerprint density at radius 1 is 1.11 bits per heavy atom. The number of amides is 1. The first-order valence-electron chi connectivity index (χ1n) is 11.9. The van der Waals surface area contributed by atoms with E-state index in [-0.39, 0.29) is 12.3 Å². The number of aryl methyl sites for hydroxylation is 1. The second-order valence-electron chi connectivity index (χ2n) is 8.55. The minimum atomic E-state index is -0.185. The van der Waals surface area contributed by atoms with E-state index in [1.54, 1.807) is 31.5 Å². The van der Waals surface area contributed by atoms with Crippen molar-refractivity contribution in [2.45, 2.75) is 32.2 Å². The van der Waals surface area contributed by atoms with E-state index >= 15 is 0 Å². The van der Waals surface area contributed by atoms with Crippen molar-refractivity contribution in [3.05, 3.63) is 87.4 Å². The Balaban J connectivity index is 1.29. The Bertz CT molecular complexity index is 1230. The number of rotatable bonds is 10. The van der Waals surface area contributed by atoms with Crippen LogP contribution in [-0.2, 0) is 17.8 Å². The maximum atomic E-state index is 12.2. The zero-order valence-corrected chi connectivity index (χ0v) is 21.7. The third kappa shape index (κ3) is 6.93. The van der Waals surface area contributed by atoms with E-state index < -0.39 is 0 Å². The van der Waals surface area contributed by atoms with Crippen molar-refractivity contribution in [3.8, 4) is 11.5 Å². The summed E-state index contributed by atoms with van der Waals surface area (Å²) in [5.41, 5.74) is 7.20. The highest BCUT2D eigenvalue weighted by Crippen LogP contribution is 2.30. The van der Waals surface area contributed by atoms with Gasteiger partial charge in [0, 0.05) is 35.8 Å². The van der Waals surface area contributed by atoms with E-state index in [9.17, 15) is 4.79 Å². The number of benzene rings is 3. The molecule has 0 aliphatic carbocycles. The Morgan fingerprint density at radius 3 is 2.78 bits per heavy atom. The van der Waals surface area contributed by atoms with Crippen LogP contribution in [0.5, 0.6) is 11.5 Å². The van der Waals surface area contributed by atoms with Crippen LogP contribution in [0.2, 0.25) is 10.0 Å². The van der Waals surface area contributed by atoms with Crippen LogP contribution in [0.15, 0.2) is 65.8 Å². The predicted molar refractivity (Wildman–Crippen MR) is 146 cm³/mol. The number of halogens is 2. The molecule has 36 heavy (non-hydrogen) atoms. The lowest BCUT2D eigenvalue weighted by Gasteiger charge is -2.31. The lowest BCUT2D eigenvalue weighted by Crippen LogP contribution is -2.29. The Morgan fingerprint density at radius 2 is 1.94 bits per heavy atom. The van der Waals surface area contributed by atoms with E-state index in [0.29, 0.717) is 28.8 Å². The molecule has 3 aromatic carbocycles. The summed E-state index contributed by atoms with van der Waals surface area (Å²) in [4.78, 5) is 14.5. The summed E-state index contributed by atoms with van der Waals surface area (Å²) < 4.78 is 11.2. The maximum absolute atomic E-state index is 12.2. The summed E-state index contributed by atoms with van der Waals surface area (Å²) in [6.07, 6.45) is 4.70. The second-order valence-corrected chi connectivity index (χ2v) is 9.39. The monoisotopic (exact) mass is 525 g/mol. The number of carbonyl (C=O) groups excluding carboxylic acids is 1. The molecule has 188 valence electrons. The third-order valence-electron chi connectivity index (χ3n) is 5.97. The predicted octanol–water partition coefficient (Wildman–Crippen LogP) is 6.26. The first kappa shape index (κ1) is 25.9. The molecule has 1 N–H and O–H groups in total. The fraction of sp³-hybridized carbons (Fsp3) is 0.286. The van der Waals surface area contributed by atoms with Gasteiger partial charge in [0.2, 0.25) is 5.91 Å². The zero-order valence-electron chi connectivity index (χ0n) is 20.2. The van der Waals surface area contributed by atoms with Gasteiger partial charge in [-0.25, -0.2) is 5.43 Å². The molecule has 0 bridgehead atoms. The fourth-order valence-electron chi connectivity index (χ4n) is 4.23. The van der Waals surface area contributed by atoms with Crippen LogP contribution in [0.4, 0.5) is 5.69 Å². The van der Waals surface area contributed by atoms with Gasteiger partial charge in [-0.1, -0.05) is 41.4 Å². The number of carbonyl (C=O) groups is 1. The summed E-state index contributed by atoms with van der Waals surface area (Å²) in [6.45, 7) is 2.11. The molecular formula is C28H29Cl2N3O3. The normalized spacial score (nSPS) is 12.9. The SMILES string of the molecule is COc1ccc(C=NNC(=O)CCCOc2ccc(Cl)cc2Cl)cc1CN1CCCc2ccccc21. The molecule has 0 aromatic heterocycles. The second kappa shape index (κ2) is 12.7. The number of hydrogen-bond acceptors (Lipinski definition) is 5. The van der Waals surface area contributed by atoms with Crippen molar-refractivity contribution in [1.29, 1.82) is 0 Å². The summed E-state index contributed by atoms with van der Waals surface area (Å²) in [7, 11) is 1.68. The van der Waals surface area contributed by atoms with Crippen LogP contribution >= 0.6 is 23.2 Å². The lowest BCUT2D eigenvalue weighted by atomic mass is 10.0. The summed E-state index contributed by atoms with van der Waals surface area (Å²) in [6, 6.07) is 19.5. The number of anilines is 1. The highest BCUT2D eigenvalue weighted by atomic mass is 35.5. The minimum Gasteiger partial charge on any atom is -0.496 e. The van der Waals surface area contributed by atoms with Gasteiger partial charge in [0.05, 0.1) is 25.0 Å². The van der Waals surface area contributed by atoms with Gasteiger partial charge in [0.15, 0.2) is 0 Å². The molecule has 1 aliphatic rings. The molecule has 4 rings (SSSR count). The van der Waals surface area contributed by atoms with Gasteiger partial charge in [-0.3, -0.25) is 4.79 Å². The Hall–Kier alpha value is -3.22. The highest BCUT2D eigenvalue weighted by Gasteiger charge is 2.18. The molecule has 0 fully saturated rings. The molecule has 1 aliphatic heterocycles. The van der Waals surface area contributed by atoms with Crippen molar-refractivity contribution < 1.29 is 14.3 Å². The quantitative estimate of drug-likeness (QED) is 0.192. The summed E-state index contributed by atoms with van der Waals surface area (Å²) in [5, 5.41) is 5.12. The molecule has 0 atom stereocenters. The average molecular weight is 526 g/mol. The smallest absolute Gasteiger partial charge is 0.240 e. The molecule has 0 spiro atoms. The number of ether oxygens (including phenoxy) is 2. The van der Waals surface area contributed by atoms with Gasteiger partial charge in [0.1, 0.15) is 11.5 Å². The van der Waals surface area contributed by atoms with Crippen molar-refractivity contribution >= 4 is 41.0 Å². The van der Waals surface area contributed by atoms with Crippen LogP contribution < -0.4 is 19.8 Å². The maximum Gasteiger partial charge on any atom is 0.240 e. The van der Waals surface area contributed by atoms with Crippen LogP contribution in [-0.4, -0.2) is 32.4 Å². The van der Waals surface area contributed by atoms with Gasteiger partial charge >= 0.3 is 0 Å². The molecule has 6 nitrogen and oxygen atoms in total. The molecule has 0 radical (unpaired) electrons. The Labute approximate surface area is 221 Å². The van der Waals surface area contributed by atoms with E-state index in [1.807, 2.05) is 12.1 Å². The van der Waals surface area contributed by atoms with Crippen molar-refractivity contribution in [2.75, 3.05) is 25.2 Å². The summed E-state index contributed by atoms with van der Waals surface area (Å²) in [5.74, 6) is 1.19. The van der Waals surface area contributed by atoms with Crippen LogP contribution in [0.3, 0.4) is 0 Å². The van der Waals surface area contributed by atoms with Crippen LogP contribution in [0.1, 0.15) is 36.0 Å². The largest absolute Gasteiger partial charge is 0.496 e. The number of para-hydroxylation sites is 1. The Kier molecular flexibility index (Phi) is 9.09. The minimum absolute atomic E-state index is 0.185. The highest BCUT2D eigenvalue weighted by molar-refractivity contribution is 6.35. The molecule has 8 heteroatoms. The molecular weight excluding hydrogens is 497 g/mol. The van der Waals surface area contributed by atoms with Gasteiger partial charge in [-0.05, 0) is 72.9 Å². The van der Waals surface area contributed by atoms with Crippen molar-refractivity contribution in [1.82, 2.24) is 5.43 Å². The van der Waals surface area contributed by atoms with E-state index in [1.165, 1.54) is 11.3 Å². The summed E-state index contributed by atoms with van der Waals surface area (Å²) >= 11 is 12.0. The van der Waals surface area contributed by atoms with Crippen molar-refractivity contribution in [3.63, 3.8) is 0 Å². The topological polar surface area (TPSA) is 63.2 Å². The first-order valence-corrected chi connectivity index (χ1v) is 12.7. The molecule has 1 amide bonds. The van der Waals surface area contributed by atoms with Crippen LogP contribution in [0.25, 0.3) is 0 Å². The van der Waals surface area contributed by atoms with Crippen molar-refractivity contribution in [2.24, 2.45) is 5.10 Å². The molecule has 1 heterocycles. The van der Waals surface area contributed by atoms with Gasteiger partial charge in [0.25, 0.3) is 0 Å². The average Bonchev–Trinajstić information content (AvgIpc) is 2.88. The van der Waals surface area contributed by atoms with Gasteiger partial charge in [-0.2, -0.15) is 5.10 Å². The zero-order chi connectivity index (χ0) is 25.3. The number of methoxy groups -OCH3 is 1. The van der Waals surface area contributed by atoms with Gasteiger partial charge in [-0.15, -0.1) is 0 Å². The number of nitrogens with zero attached hydrogens (tertiary/aromatic N) is 2. The molecule has 0 saturated heterocycles. The van der Waals surface area contributed by atoms with E-state index in [0.717, 1.165) is 42.8 Å². The third-order valence-corrected chi connectivity index (χ3v) is 6.51. The number of hydrazone groups is 1. The van der Waals surface area contributed by atoms with E-state index in [4.69, 9.17) is 32.7 Å². The van der Waals surface area contributed by atoms with E-state index in [2.05, 4.69) is 45.8 Å². The standard InChI is InChI=1S/C28H29Cl2N3O3/c1-35-26-12-10-20(16-22(26)19-33-14-4-7-21-6-2-3-8-25(21)33)18-31-32-28(34)9-5-15-36-27-13-11-23(29)17-24(27)30/h2-3,6,8,10-13,16-18H,4-5,7,9,14-15,19H2,1H3,(H,32,34). The van der Waals surface area contributed by atoms with Crippen LogP contribution in [0, 0.1) is 0 Å².